The van der Waals surface area contributed by atoms with Crippen LogP contribution in [0, 0.1) is 0 Å². The van der Waals surface area contributed by atoms with E-state index in [0.29, 0.717) is 29.6 Å². The van der Waals surface area contributed by atoms with Crippen molar-refractivity contribution in [2.24, 2.45) is 0 Å². The average molecular weight is 445 g/mol. The monoisotopic (exact) mass is 444 g/mol. The Bertz CT molecular complexity index is 1040. The molecule has 9 heteroatoms. The Labute approximate surface area is 185 Å². The molecule has 2 heterocycles. The molecule has 2 N–H and O–H groups in total. The van der Waals surface area contributed by atoms with E-state index in [-0.39, 0.29) is 10.8 Å². The largest absolute Gasteiger partial charge is 0.506 e. The van der Waals surface area contributed by atoms with Crippen molar-refractivity contribution in [3.8, 4) is 17.2 Å². The highest BCUT2D eigenvalue weighted by Gasteiger charge is 2.13. The lowest BCUT2D eigenvalue weighted by Crippen LogP contribution is -2.37. The number of benzene rings is 2. The van der Waals surface area contributed by atoms with Crippen LogP contribution in [0.3, 0.4) is 0 Å². The second-order valence-corrected chi connectivity index (χ2v) is 7.60. The average Bonchev–Trinajstić information content (AvgIpc) is 2.79. The first kappa shape index (κ1) is 21.4. The zero-order valence-electron chi connectivity index (χ0n) is 17.3. The molecule has 1 fully saturated rings. The number of morpholine rings is 1. The van der Waals surface area contributed by atoms with Crippen molar-refractivity contribution in [1.82, 2.24) is 14.9 Å². The summed E-state index contributed by atoms with van der Waals surface area (Å²) in [5.41, 5.74) is 1.42. The Morgan fingerprint density at radius 3 is 2.77 bits per heavy atom. The van der Waals surface area contributed by atoms with Crippen molar-refractivity contribution >= 4 is 34.0 Å². The van der Waals surface area contributed by atoms with Crippen LogP contribution in [0.2, 0.25) is 5.02 Å². The minimum Gasteiger partial charge on any atom is -0.506 e. The summed E-state index contributed by atoms with van der Waals surface area (Å²) in [6, 6.07) is 8.61. The molecular formula is C22H25ClN4O4. The number of nitrogens with zero attached hydrogens (tertiary/aromatic N) is 3. The van der Waals surface area contributed by atoms with Crippen molar-refractivity contribution < 1.29 is 19.3 Å². The SMILES string of the molecule is COc1cc2ncnc(Nc3ccc(O)c(Cl)c3)c2cc1OCCCN1CCOCC1. The molecule has 0 amide bonds. The number of methoxy groups -OCH3 is 1. The second-order valence-electron chi connectivity index (χ2n) is 7.19. The van der Waals surface area contributed by atoms with Crippen molar-refractivity contribution in [3.63, 3.8) is 0 Å². The highest BCUT2D eigenvalue weighted by Crippen LogP contribution is 2.35. The number of anilines is 2. The zero-order valence-corrected chi connectivity index (χ0v) is 18.1. The fourth-order valence-corrected chi connectivity index (χ4v) is 3.63. The summed E-state index contributed by atoms with van der Waals surface area (Å²) < 4.78 is 16.9. The number of fused-ring (bicyclic) bond motifs is 1. The molecule has 0 radical (unpaired) electrons. The van der Waals surface area contributed by atoms with Gasteiger partial charge in [0, 0.05) is 36.8 Å². The van der Waals surface area contributed by atoms with Crippen LogP contribution in [0.1, 0.15) is 6.42 Å². The lowest BCUT2D eigenvalue weighted by Gasteiger charge is -2.26. The lowest BCUT2D eigenvalue weighted by molar-refractivity contribution is 0.0357. The number of aromatic nitrogens is 2. The third-order valence-electron chi connectivity index (χ3n) is 5.11. The van der Waals surface area contributed by atoms with Gasteiger partial charge in [-0.25, -0.2) is 9.97 Å². The number of rotatable bonds is 8. The molecule has 0 saturated carbocycles. The van der Waals surface area contributed by atoms with Gasteiger partial charge in [0.25, 0.3) is 0 Å². The van der Waals surface area contributed by atoms with Gasteiger partial charge in [-0.05, 0) is 30.7 Å². The number of hydrogen-bond acceptors (Lipinski definition) is 8. The smallest absolute Gasteiger partial charge is 0.162 e. The van der Waals surface area contributed by atoms with Crippen LogP contribution in [0.4, 0.5) is 11.5 Å². The molecule has 0 atom stereocenters. The first-order chi connectivity index (χ1) is 15.1. The van der Waals surface area contributed by atoms with E-state index in [1.165, 1.54) is 12.4 Å². The Morgan fingerprint density at radius 2 is 2.00 bits per heavy atom. The first-order valence-corrected chi connectivity index (χ1v) is 10.5. The molecule has 3 aromatic rings. The van der Waals surface area contributed by atoms with Gasteiger partial charge in [0.2, 0.25) is 0 Å². The van der Waals surface area contributed by atoms with Crippen molar-refractivity contribution in [1.29, 1.82) is 0 Å². The van der Waals surface area contributed by atoms with E-state index < -0.39 is 0 Å². The summed E-state index contributed by atoms with van der Waals surface area (Å²) in [6.07, 6.45) is 2.39. The maximum atomic E-state index is 9.64. The predicted octanol–water partition coefficient (Wildman–Crippen LogP) is 3.84. The maximum absolute atomic E-state index is 9.64. The van der Waals surface area contributed by atoms with Gasteiger partial charge in [0.05, 0.1) is 37.5 Å². The summed E-state index contributed by atoms with van der Waals surface area (Å²) in [5.74, 6) is 1.89. The predicted molar refractivity (Wildman–Crippen MR) is 120 cm³/mol. The standard InChI is InChI=1S/C22H25ClN4O4/c1-29-20-13-18-16(12-21(20)31-8-2-5-27-6-9-30-10-7-27)22(25-14-24-18)26-15-3-4-19(28)17(23)11-15/h3-4,11-14,28H,2,5-10H2,1H3,(H,24,25,26). The van der Waals surface area contributed by atoms with Gasteiger partial charge in [0.15, 0.2) is 11.5 Å². The highest BCUT2D eigenvalue weighted by atomic mass is 35.5. The Kier molecular flexibility index (Phi) is 6.91. The summed E-state index contributed by atoms with van der Waals surface area (Å²) in [6.45, 7) is 5.06. The molecule has 1 aromatic heterocycles. The van der Waals surface area contributed by atoms with Crippen LogP contribution in [0.15, 0.2) is 36.7 Å². The van der Waals surface area contributed by atoms with E-state index in [0.717, 1.165) is 50.2 Å². The maximum Gasteiger partial charge on any atom is 0.162 e. The number of aromatic hydroxyl groups is 1. The number of ether oxygens (including phenoxy) is 3. The first-order valence-electron chi connectivity index (χ1n) is 10.2. The van der Waals surface area contributed by atoms with Crippen molar-refractivity contribution in [2.75, 3.05) is 51.9 Å². The number of phenolic OH excluding ortho intramolecular Hbond substituents is 1. The van der Waals surface area contributed by atoms with Crippen LogP contribution in [-0.2, 0) is 4.74 Å². The van der Waals surface area contributed by atoms with Gasteiger partial charge in [-0.3, -0.25) is 4.90 Å². The van der Waals surface area contributed by atoms with Crippen molar-refractivity contribution in [2.45, 2.75) is 6.42 Å². The molecule has 2 aromatic carbocycles. The highest BCUT2D eigenvalue weighted by molar-refractivity contribution is 6.32. The van der Waals surface area contributed by atoms with E-state index >= 15 is 0 Å². The van der Waals surface area contributed by atoms with E-state index in [9.17, 15) is 5.11 Å². The van der Waals surface area contributed by atoms with Crippen molar-refractivity contribution in [3.05, 3.63) is 41.7 Å². The van der Waals surface area contributed by atoms with Gasteiger partial charge < -0.3 is 24.6 Å². The number of nitrogens with one attached hydrogen (secondary N) is 1. The number of halogens is 1. The molecule has 1 aliphatic heterocycles. The minimum atomic E-state index is 0.0252. The lowest BCUT2D eigenvalue weighted by atomic mass is 10.2. The van der Waals surface area contributed by atoms with Crippen LogP contribution >= 0.6 is 11.6 Å². The van der Waals surface area contributed by atoms with E-state index in [2.05, 4.69) is 20.2 Å². The quantitative estimate of drug-likeness (QED) is 0.400. The van der Waals surface area contributed by atoms with Crippen LogP contribution < -0.4 is 14.8 Å². The minimum absolute atomic E-state index is 0.0252. The van der Waals surface area contributed by atoms with Gasteiger partial charge in [-0.2, -0.15) is 0 Å². The van der Waals surface area contributed by atoms with E-state index in [4.69, 9.17) is 25.8 Å². The van der Waals surface area contributed by atoms with Gasteiger partial charge in [0.1, 0.15) is 17.9 Å². The summed E-state index contributed by atoms with van der Waals surface area (Å²) >= 11 is 6.02. The zero-order chi connectivity index (χ0) is 21.6. The van der Waals surface area contributed by atoms with E-state index in [1.54, 1.807) is 19.2 Å². The second kappa shape index (κ2) is 10.00. The molecule has 31 heavy (non-hydrogen) atoms. The van der Waals surface area contributed by atoms with Gasteiger partial charge in [-0.15, -0.1) is 0 Å². The molecule has 4 rings (SSSR count). The molecule has 0 spiro atoms. The number of hydrogen-bond donors (Lipinski definition) is 2. The third kappa shape index (κ3) is 5.28. The van der Waals surface area contributed by atoms with E-state index in [1.807, 2.05) is 12.1 Å². The number of phenols is 1. The Balaban J connectivity index is 1.51. The normalized spacial score (nSPS) is 14.5. The Morgan fingerprint density at radius 1 is 1.16 bits per heavy atom. The molecule has 8 nitrogen and oxygen atoms in total. The van der Waals surface area contributed by atoms with Crippen LogP contribution in [0.25, 0.3) is 10.9 Å². The van der Waals surface area contributed by atoms with Crippen LogP contribution in [0.5, 0.6) is 17.2 Å². The van der Waals surface area contributed by atoms with Gasteiger partial charge in [-0.1, -0.05) is 11.6 Å². The summed E-state index contributed by atoms with van der Waals surface area (Å²) in [5, 5.41) is 13.9. The molecule has 1 saturated heterocycles. The fraction of sp³-hybridized carbons (Fsp3) is 0.364. The third-order valence-corrected chi connectivity index (χ3v) is 5.41. The molecule has 164 valence electrons. The molecule has 1 aliphatic rings. The molecular weight excluding hydrogens is 420 g/mol. The summed E-state index contributed by atoms with van der Waals surface area (Å²) in [4.78, 5) is 11.1. The fourth-order valence-electron chi connectivity index (χ4n) is 3.45. The molecule has 0 aliphatic carbocycles. The van der Waals surface area contributed by atoms with Crippen LogP contribution in [-0.4, -0.2) is 66.5 Å². The summed E-state index contributed by atoms with van der Waals surface area (Å²) in [7, 11) is 1.61. The Hall–Kier alpha value is -2.81. The van der Waals surface area contributed by atoms with Gasteiger partial charge >= 0.3 is 0 Å². The topological polar surface area (TPSA) is 89.0 Å². The molecule has 0 bridgehead atoms. The molecule has 0 unspecified atom stereocenters.